The zero-order chi connectivity index (χ0) is 13.8. The summed E-state index contributed by atoms with van der Waals surface area (Å²) in [6.07, 6.45) is 0. The Morgan fingerprint density at radius 1 is 1.11 bits per heavy atom. The van der Waals surface area contributed by atoms with Gasteiger partial charge in [0.05, 0.1) is 7.11 Å². The summed E-state index contributed by atoms with van der Waals surface area (Å²) in [5.74, 6) is 1.60. The van der Waals surface area contributed by atoms with Crippen molar-refractivity contribution in [1.82, 2.24) is 0 Å². The van der Waals surface area contributed by atoms with E-state index in [1.807, 2.05) is 37.3 Å². The molecular formula is C15H16BrNO2. The van der Waals surface area contributed by atoms with Crippen LogP contribution in [0.3, 0.4) is 0 Å². The molecule has 0 heterocycles. The van der Waals surface area contributed by atoms with Crippen molar-refractivity contribution < 1.29 is 9.47 Å². The number of benzene rings is 2. The van der Waals surface area contributed by atoms with Gasteiger partial charge in [-0.15, -0.1) is 0 Å². The Morgan fingerprint density at radius 2 is 1.89 bits per heavy atom. The maximum atomic E-state index is 5.84. The minimum absolute atomic E-state index is 0.445. The van der Waals surface area contributed by atoms with Gasteiger partial charge in [-0.05, 0) is 36.8 Å². The zero-order valence-electron chi connectivity index (χ0n) is 10.9. The lowest BCUT2D eigenvalue weighted by Gasteiger charge is -2.12. The second kappa shape index (κ2) is 5.97. The van der Waals surface area contributed by atoms with Crippen LogP contribution in [0.25, 0.3) is 0 Å². The van der Waals surface area contributed by atoms with Gasteiger partial charge in [-0.25, -0.2) is 0 Å². The molecule has 0 radical (unpaired) electrons. The SMILES string of the molecule is COc1cc(N)ccc1COc1cc(Br)ccc1C. The number of halogens is 1. The van der Waals surface area contributed by atoms with E-state index < -0.39 is 0 Å². The molecule has 0 bridgehead atoms. The van der Waals surface area contributed by atoms with Gasteiger partial charge in [0.15, 0.2) is 0 Å². The minimum Gasteiger partial charge on any atom is -0.496 e. The van der Waals surface area contributed by atoms with Crippen LogP contribution in [0.2, 0.25) is 0 Å². The number of ether oxygens (including phenoxy) is 2. The Hall–Kier alpha value is -1.68. The molecule has 0 aliphatic rings. The first kappa shape index (κ1) is 13.7. The fraction of sp³-hybridized carbons (Fsp3) is 0.200. The standard InChI is InChI=1S/C15H16BrNO2/c1-10-3-5-12(16)7-14(10)19-9-11-4-6-13(17)8-15(11)18-2/h3-8H,9,17H2,1-2H3. The average molecular weight is 322 g/mol. The van der Waals surface area contributed by atoms with Gasteiger partial charge in [0, 0.05) is 21.8 Å². The summed E-state index contributed by atoms with van der Waals surface area (Å²) in [6, 6.07) is 11.5. The minimum atomic E-state index is 0.445. The van der Waals surface area contributed by atoms with Crippen LogP contribution in [0, 0.1) is 6.92 Å². The van der Waals surface area contributed by atoms with Crippen molar-refractivity contribution in [1.29, 1.82) is 0 Å². The van der Waals surface area contributed by atoms with Crippen LogP contribution in [-0.2, 0) is 6.61 Å². The second-order valence-corrected chi connectivity index (χ2v) is 5.19. The molecule has 0 unspecified atom stereocenters. The van der Waals surface area contributed by atoms with E-state index in [1.54, 1.807) is 13.2 Å². The zero-order valence-corrected chi connectivity index (χ0v) is 12.5. The molecule has 4 heteroatoms. The lowest BCUT2D eigenvalue weighted by molar-refractivity contribution is 0.294. The van der Waals surface area contributed by atoms with E-state index in [0.29, 0.717) is 12.3 Å². The second-order valence-electron chi connectivity index (χ2n) is 4.27. The summed E-state index contributed by atoms with van der Waals surface area (Å²) in [5.41, 5.74) is 8.47. The Bertz CT molecular complexity index is 584. The van der Waals surface area contributed by atoms with Crippen molar-refractivity contribution in [2.75, 3.05) is 12.8 Å². The number of methoxy groups -OCH3 is 1. The van der Waals surface area contributed by atoms with Crippen molar-refractivity contribution in [3.63, 3.8) is 0 Å². The molecule has 19 heavy (non-hydrogen) atoms. The number of anilines is 1. The van der Waals surface area contributed by atoms with Crippen LogP contribution >= 0.6 is 15.9 Å². The first-order chi connectivity index (χ1) is 9.10. The Balaban J connectivity index is 2.16. The summed E-state index contributed by atoms with van der Waals surface area (Å²) in [6.45, 7) is 2.46. The van der Waals surface area contributed by atoms with Crippen molar-refractivity contribution in [3.05, 3.63) is 52.0 Å². The molecule has 2 N–H and O–H groups in total. The molecule has 2 aromatic rings. The number of rotatable bonds is 4. The monoisotopic (exact) mass is 321 g/mol. The maximum absolute atomic E-state index is 5.84. The van der Waals surface area contributed by atoms with E-state index in [0.717, 1.165) is 27.1 Å². The van der Waals surface area contributed by atoms with Gasteiger partial charge >= 0.3 is 0 Å². The summed E-state index contributed by atoms with van der Waals surface area (Å²) in [7, 11) is 1.63. The molecule has 0 aliphatic heterocycles. The largest absolute Gasteiger partial charge is 0.496 e. The van der Waals surface area contributed by atoms with E-state index >= 15 is 0 Å². The highest BCUT2D eigenvalue weighted by atomic mass is 79.9. The predicted molar refractivity (Wildman–Crippen MR) is 80.6 cm³/mol. The molecule has 3 nitrogen and oxygen atoms in total. The van der Waals surface area contributed by atoms with Gasteiger partial charge in [-0.2, -0.15) is 0 Å². The number of aryl methyl sites for hydroxylation is 1. The number of hydrogen-bond donors (Lipinski definition) is 1. The van der Waals surface area contributed by atoms with Gasteiger partial charge in [0.2, 0.25) is 0 Å². The third-order valence-corrected chi connectivity index (χ3v) is 3.34. The van der Waals surface area contributed by atoms with E-state index in [1.165, 1.54) is 0 Å². The fourth-order valence-corrected chi connectivity index (χ4v) is 2.11. The van der Waals surface area contributed by atoms with Gasteiger partial charge in [0.1, 0.15) is 18.1 Å². The fourth-order valence-electron chi connectivity index (χ4n) is 1.77. The molecular weight excluding hydrogens is 306 g/mol. The van der Waals surface area contributed by atoms with Crippen LogP contribution in [0.4, 0.5) is 5.69 Å². The summed E-state index contributed by atoms with van der Waals surface area (Å²) < 4.78 is 12.1. The smallest absolute Gasteiger partial charge is 0.127 e. The molecule has 0 spiro atoms. The first-order valence-electron chi connectivity index (χ1n) is 5.91. The Morgan fingerprint density at radius 3 is 2.63 bits per heavy atom. The Labute approximate surface area is 121 Å². The van der Waals surface area contributed by atoms with Gasteiger partial charge < -0.3 is 15.2 Å². The molecule has 0 aromatic heterocycles. The van der Waals surface area contributed by atoms with Crippen LogP contribution in [0.5, 0.6) is 11.5 Å². The summed E-state index contributed by atoms with van der Waals surface area (Å²) >= 11 is 3.44. The molecule has 0 fully saturated rings. The van der Waals surface area contributed by atoms with Crippen LogP contribution < -0.4 is 15.2 Å². The lowest BCUT2D eigenvalue weighted by Crippen LogP contribution is -2.00. The highest BCUT2D eigenvalue weighted by molar-refractivity contribution is 9.10. The van der Waals surface area contributed by atoms with Crippen LogP contribution in [-0.4, -0.2) is 7.11 Å². The Kier molecular flexibility index (Phi) is 4.32. The van der Waals surface area contributed by atoms with Crippen LogP contribution in [0.1, 0.15) is 11.1 Å². The quantitative estimate of drug-likeness (QED) is 0.868. The van der Waals surface area contributed by atoms with E-state index in [4.69, 9.17) is 15.2 Å². The highest BCUT2D eigenvalue weighted by Gasteiger charge is 2.06. The first-order valence-corrected chi connectivity index (χ1v) is 6.71. The van der Waals surface area contributed by atoms with Crippen molar-refractivity contribution in [2.45, 2.75) is 13.5 Å². The number of nitrogen functional groups attached to an aromatic ring is 1. The van der Waals surface area contributed by atoms with Crippen LogP contribution in [0.15, 0.2) is 40.9 Å². The molecule has 0 saturated carbocycles. The normalized spacial score (nSPS) is 10.3. The summed E-state index contributed by atoms with van der Waals surface area (Å²) in [5, 5.41) is 0. The van der Waals surface area contributed by atoms with Gasteiger partial charge in [-0.1, -0.05) is 22.0 Å². The average Bonchev–Trinajstić information content (AvgIpc) is 2.40. The lowest BCUT2D eigenvalue weighted by atomic mass is 10.2. The molecule has 0 amide bonds. The van der Waals surface area contributed by atoms with Crippen molar-refractivity contribution in [3.8, 4) is 11.5 Å². The van der Waals surface area contributed by atoms with E-state index in [9.17, 15) is 0 Å². The van der Waals surface area contributed by atoms with Crippen molar-refractivity contribution >= 4 is 21.6 Å². The molecule has 0 aliphatic carbocycles. The van der Waals surface area contributed by atoms with Gasteiger partial charge in [-0.3, -0.25) is 0 Å². The topological polar surface area (TPSA) is 44.5 Å². The maximum Gasteiger partial charge on any atom is 0.127 e. The third kappa shape index (κ3) is 3.41. The van der Waals surface area contributed by atoms with E-state index in [-0.39, 0.29) is 0 Å². The number of hydrogen-bond acceptors (Lipinski definition) is 3. The molecule has 0 atom stereocenters. The third-order valence-electron chi connectivity index (χ3n) is 2.84. The molecule has 0 saturated heterocycles. The highest BCUT2D eigenvalue weighted by Crippen LogP contribution is 2.26. The molecule has 2 aromatic carbocycles. The van der Waals surface area contributed by atoms with Gasteiger partial charge in [0.25, 0.3) is 0 Å². The molecule has 100 valence electrons. The molecule has 2 rings (SSSR count). The van der Waals surface area contributed by atoms with E-state index in [2.05, 4.69) is 15.9 Å². The predicted octanol–water partition coefficient (Wildman–Crippen LogP) is 3.93. The summed E-state index contributed by atoms with van der Waals surface area (Å²) in [4.78, 5) is 0. The van der Waals surface area contributed by atoms with Crippen molar-refractivity contribution in [2.24, 2.45) is 0 Å². The number of nitrogens with two attached hydrogens (primary N) is 1.